The van der Waals surface area contributed by atoms with Gasteiger partial charge in [0.25, 0.3) is 0 Å². The molecule has 68 valence electrons. The van der Waals surface area contributed by atoms with Gasteiger partial charge in [0.05, 0.1) is 12.7 Å². The topological polar surface area (TPSA) is 17.1 Å². The molecule has 0 aromatic carbocycles. The molecule has 0 aliphatic carbocycles. The minimum Gasteiger partial charge on any atom is -0.297 e. The number of fused-ring (bicyclic) bond motifs is 1. The van der Waals surface area contributed by atoms with E-state index in [0.717, 1.165) is 16.7 Å². The summed E-state index contributed by atoms with van der Waals surface area (Å²) in [4.78, 5) is 11.6. The summed E-state index contributed by atoms with van der Waals surface area (Å²) in [5.74, 6) is 0. The van der Waals surface area contributed by atoms with Crippen molar-refractivity contribution in [1.29, 1.82) is 0 Å². The summed E-state index contributed by atoms with van der Waals surface area (Å²) < 4.78 is 2.42. The van der Waals surface area contributed by atoms with Gasteiger partial charge in [0.2, 0.25) is 0 Å². The van der Waals surface area contributed by atoms with Crippen LogP contribution in [0.25, 0.3) is 9.40 Å². The molecule has 0 radical (unpaired) electrons. The zero-order valence-electron chi connectivity index (χ0n) is 7.18. The number of rotatable bonds is 1. The molecule has 0 spiro atoms. The summed E-state index contributed by atoms with van der Waals surface area (Å²) in [5.41, 5.74) is 2.37. The van der Waals surface area contributed by atoms with Crippen LogP contribution in [-0.4, -0.2) is 6.29 Å². The highest BCUT2D eigenvalue weighted by atomic mass is 79.9. The normalized spacial score (nSPS) is 11.0. The van der Waals surface area contributed by atoms with E-state index >= 15 is 0 Å². The Kier molecular flexibility index (Phi) is 2.30. The van der Waals surface area contributed by atoms with Crippen LogP contribution in [0.2, 0.25) is 0 Å². The van der Waals surface area contributed by atoms with Gasteiger partial charge in [-0.05, 0) is 40.9 Å². The molecule has 0 aliphatic heterocycles. The Labute approximate surface area is 92.5 Å². The van der Waals surface area contributed by atoms with Crippen molar-refractivity contribution in [3.05, 3.63) is 19.8 Å². The maximum atomic E-state index is 10.7. The van der Waals surface area contributed by atoms with E-state index in [-0.39, 0.29) is 0 Å². The lowest BCUT2D eigenvalue weighted by Crippen LogP contribution is -1.77. The van der Waals surface area contributed by atoms with Crippen LogP contribution in [0.4, 0.5) is 0 Å². The smallest absolute Gasteiger partial charge is 0.160 e. The summed E-state index contributed by atoms with van der Waals surface area (Å²) in [5, 5.41) is 1.25. The molecule has 0 atom stereocenters. The third-order valence-corrected chi connectivity index (χ3v) is 5.58. The van der Waals surface area contributed by atoms with Gasteiger partial charge in [-0.25, -0.2) is 0 Å². The fourth-order valence-corrected chi connectivity index (χ4v) is 4.81. The number of halogens is 1. The number of carbonyl (C=O) groups is 1. The summed E-state index contributed by atoms with van der Waals surface area (Å²) in [7, 11) is 0. The predicted octanol–water partition coefficient (Wildman–Crippen LogP) is 4.15. The molecule has 0 aliphatic rings. The molecule has 0 amide bonds. The van der Waals surface area contributed by atoms with E-state index in [1.165, 1.54) is 18.7 Å². The van der Waals surface area contributed by atoms with Gasteiger partial charge in [0, 0.05) is 5.39 Å². The number of hydrogen-bond acceptors (Lipinski definition) is 3. The number of thiophene rings is 2. The van der Waals surface area contributed by atoms with E-state index in [9.17, 15) is 4.79 Å². The van der Waals surface area contributed by atoms with E-state index in [1.54, 1.807) is 22.7 Å². The third kappa shape index (κ3) is 1.28. The molecule has 1 nitrogen and oxygen atoms in total. The second-order valence-electron chi connectivity index (χ2n) is 2.87. The molecular weight excluding hydrogens is 268 g/mol. The average Bonchev–Trinajstić information content (AvgIpc) is 2.54. The Morgan fingerprint density at radius 3 is 2.46 bits per heavy atom. The summed E-state index contributed by atoms with van der Waals surface area (Å²) in [6.45, 7) is 4.09. The zero-order chi connectivity index (χ0) is 9.59. The van der Waals surface area contributed by atoms with E-state index < -0.39 is 0 Å². The standard InChI is InChI=1S/C9H7BrOS2/c1-4-6(3-11)12-9-7(4)5(2)8(10)13-9/h3H,1-2H3. The largest absolute Gasteiger partial charge is 0.297 e. The minimum atomic E-state index is 0.858. The molecular formula is C9H7BrOS2. The molecule has 0 saturated heterocycles. The molecule has 13 heavy (non-hydrogen) atoms. The SMILES string of the molecule is Cc1c(Br)sc2sc(C=O)c(C)c12. The van der Waals surface area contributed by atoms with Gasteiger partial charge < -0.3 is 0 Å². The average molecular weight is 275 g/mol. The quantitative estimate of drug-likeness (QED) is 0.714. The predicted molar refractivity (Wildman–Crippen MR) is 62.3 cm³/mol. The van der Waals surface area contributed by atoms with Gasteiger partial charge in [-0.2, -0.15) is 0 Å². The van der Waals surface area contributed by atoms with Crippen molar-refractivity contribution in [2.24, 2.45) is 0 Å². The lowest BCUT2D eigenvalue weighted by atomic mass is 10.1. The zero-order valence-corrected chi connectivity index (χ0v) is 10.4. The maximum absolute atomic E-state index is 10.7. The number of carbonyl (C=O) groups excluding carboxylic acids is 1. The molecule has 2 aromatic heterocycles. The van der Waals surface area contributed by atoms with Crippen LogP contribution in [0.15, 0.2) is 3.79 Å². The van der Waals surface area contributed by atoms with E-state index in [4.69, 9.17) is 0 Å². The van der Waals surface area contributed by atoms with Crippen LogP contribution in [0, 0.1) is 13.8 Å². The van der Waals surface area contributed by atoms with E-state index in [2.05, 4.69) is 22.9 Å². The highest BCUT2D eigenvalue weighted by Crippen LogP contribution is 2.42. The van der Waals surface area contributed by atoms with Crippen LogP contribution < -0.4 is 0 Å². The minimum absolute atomic E-state index is 0.858. The van der Waals surface area contributed by atoms with Gasteiger partial charge in [0.15, 0.2) is 6.29 Å². The first-order valence-corrected chi connectivity index (χ1v) is 6.21. The van der Waals surface area contributed by atoms with Crippen molar-refractivity contribution < 1.29 is 4.79 Å². The van der Waals surface area contributed by atoms with Crippen molar-refractivity contribution in [1.82, 2.24) is 0 Å². The van der Waals surface area contributed by atoms with Crippen molar-refractivity contribution in [3.63, 3.8) is 0 Å². The van der Waals surface area contributed by atoms with Crippen LogP contribution in [0.1, 0.15) is 20.8 Å². The Morgan fingerprint density at radius 2 is 1.92 bits per heavy atom. The van der Waals surface area contributed by atoms with Gasteiger partial charge in [-0.3, -0.25) is 4.79 Å². The molecule has 0 N–H and O–H groups in total. The Morgan fingerprint density at radius 1 is 1.23 bits per heavy atom. The van der Waals surface area contributed by atoms with Crippen LogP contribution in [0.5, 0.6) is 0 Å². The van der Waals surface area contributed by atoms with Gasteiger partial charge in [-0.15, -0.1) is 22.7 Å². The monoisotopic (exact) mass is 274 g/mol. The molecule has 0 unspecified atom stereocenters. The van der Waals surface area contributed by atoms with Crippen LogP contribution >= 0.6 is 38.6 Å². The van der Waals surface area contributed by atoms with Crippen LogP contribution in [-0.2, 0) is 0 Å². The third-order valence-electron chi connectivity index (χ3n) is 2.11. The molecule has 4 heteroatoms. The van der Waals surface area contributed by atoms with Crippen molar-refractivity contribution in [2.45, 2.75) is 13.8 Å². The first-order chi connectivity index (χ1) is 6.15. The fourth-order valence-electron chi connectivity index (χ4n) is 1.38. The van der Waals surface area contributed by atoms with Crippen molar-refractivity contribution in [3.8, 4) is 0 Å². The molecule has 0 bridgehead atoms. The first kappa shape index (κ1) is 9.37. The Balaban J connectivity index is 2.89. The summed E-state index contributed by atoms with van der Waals surface area (Å²) >= 11 is 6.79. The highest BCUT2D eigenvalue weighted by Gasteiger charge is 2.14. The lowest BCUT2D eigenvalue weighted by molar-refractivity contribution is 0.112. The number of aryl methyl sites for hydroxylation is 2. The maximum Gasteiger partial charge on any atom is 0.160 e. The van der Waals surface area contributed by atoms with E-state index in [1.807, 2.05) is 6.92 Å². The Bertz CT molecular complexity index is 481. The molecule has 0 fully saturated rings. The first-order valence-electron chi connectivity index (χ1n) is 3.78. The summed E-state index contributed by atoms with van der Waals surface area (Å²) in [6, 6.07) is 0. The fraction of sp³-hybridized carbons (Fsp3) is 0.222. The van der Waals surface area contributed by atoms with Crippen molar-refractivity contribution in [2.75, 3.05) is 0 Å². The lowest BCUT2D eigenvalue weighted by Gasteiger charge is -1.90. The second-order valence-corrected chi connectivity index (χ2v) is 6.52. The van der Waals surface area contributed by atoms with Crippen LogP contribution in [0.3, 0.4) is 0 Å². The van der Waals surface area contributed by atoms with Crippen molar-refractivity contribution >= 4 is 54.3 Å². The highest BCUT2D eigenvalue weighted by molar-refractivity contribution is 9.11. The second kappa shape index (κ2) is 3.19. The molecule has 0 saturated carbocycles. The Hall–Kier alpha value is -0.190. The molecule has 2 heterocycles. The molecule has 2 aromatic rings. The van der Waals surface area contributed by atoms with E-state index in [0.29, 0.717) is 0 Å². The van der Waals surface area contributed by atoms with Gasteiger partial charge >= 0.3 is 0 Å². The molecule has 2 rings (SSSR count). The summed E-state index contributed by atoms with van der Waals surface area (Å²) in [6.07, 6.45) is 0.945. The number of hydrogen-bond donors (Lipinski definition) is 0. The van der Waals surface area contributed by atoms with Gasteiger partial charge in [-0.1, -0.05) is 0 Å². The number of aldehydes is 1. The van der Waals surface area contributed by atoms with Gasteiger partial charge in [0.1, 0.15) is 0 Å².